The molecule has 0 atom stereocenters. The summed E-state index contributed by atoms with van der Waals surface area (Å²) < 4.78 is 2.12. The first-order valence-electron chi connectivity index (χ1n) is 8.68. The SMILES string of the molecule is CC(C)Cn1c(CCC(N)=O)nnc1SCCCSc1ccccc1Cl. The molecule has 8 heteroatoms. The number of amides is 1. The molecule has 0 aliphatic rings. The Morgan fingerprint density at radius 1 is 1.23 bits per heavy atom. The molecule has 1 aromatic carbocycles. The lowest BCUT2D eigenvalue weighted by atomic mass is 10.2. The van der Waals surface area contributed by atoms with Gasteiger partial charge >= 0.3 is 0 Å². The molecule has 0 unspecified atom stereocenters. The number of halogens is 1. The van der Waals surface area contributed by atoms with E-state index in [-0.39, 0.29) is 5.91 Å². The van der Waals surface area contributed by atoms with Crippen molar-refractivity contribution in [3.05, 3.63) is 35.1 Å². The fraction of sp³-hybridized carbons (Fsp3) is 0.500. The third-order valence-corrected chi connectivity index (χ3v) is 6.20. The van der Waals surface area contributed by atoms with Gasteiger partial charge in [0.25, 0.3) is 0 Å². The van der Waals surface area contributed by atoms with Gasteiger partial charge in [0, 0.05) is 30.0 Å². The van der Waals surface area contributed by atoms with E-state index >= 15 is 0 Å². The standard InChI is InChI=1S/C18H25ClN4OS2/c1-13(2)12-23-17(9-8-16(20)24)21-22-18(23)26-11-5-10-25-15-7-4-3-6-14(15)19/h3-4,6-7,13H,5,8-12H2,1-2H3,(H2,20,24). The van der Waals surface area contributed by atoms with Gasteiger partial charge in [-0.3, -0.25) is 4.79 Å². The Kier molecular flexibility index (Phi) is 8.81. The van der Waals surface area contributed by atoms with E-state index in [1.54, 1.807) is 23.5 Å². The zero-order valence-corrected chi connectivity index (χ0v) is 17.5. The normalized spacial score (nSPS) is 11.2. The number of rotatable bonds is 11. The molecule has 0 spiro atoms. The van der Waals surface area contributed by atoms with E-state index in [9.17, 15) is 4.79 Å². The molecule has 0 radical (unpaired) electrons. The van der Waals surface area contributed by atoms with Crippen molar-refractivity contribution in [2.75, 3.05) is 11.5 Å². The van der Waals surface area contributed by atoms with Gasteiger partial charge in [-0.1, -0.05) is 49.3 Å². The summed E-state index contributed by atoms with van der Waals surface area (Å²) in [5, 5.41) is 10.3. The molecule has 1 amide bonds. The second-order valence-electron chi connectivity index (χ2n) is 6.35. The third-order valence-electron chi connectivity index (χ3n) is 3.55. The highest BCUT2D eigenvalue weighted by Crippen LogP contribution is 2.28. The van der Waals surface area contributed by atoms with E-state index in [1.807, 2.05) is 24.3 Å². The molecule has 0 bridgehead atoms. The van der Waals surface area contributed by atoms with Crippen LogP contribution in [-0.2, 0) is 17.8 Å². The molecule has 0 saturated heterocycles. The Morgan fingerprint density at radius 2 is 1.96 bits per heavy atom. The maximum absolute atomic E-state index is 11.0. The zero-order chi connectivity index (χ0) is 18.9. The number of carbonyl (C=O) groups excluding carboxylic acids is 1. The number of nitrogens with two attached hydrogens (primary N) is 1. The second-order valence-corrected chi connectivity index (χ2v) is 8.96. The first-order valence-corrected chi connectivity index (χ1v) is 11.0. The molecule has 0 saturated carbocycles. The minimum Gasteiger partial charge on any atom is -0.370 e. The van der Waals surface area contributed by atoms with E-state index in [2.05, 4.69) is 28.6 Å². The number of hydrogen-bond donors (Lipinski definition) is 1. The number of aryl methyl sites for hydroxylation is 1. The molecular weight excluding hydrogens is 388 g/mol. The van der Waals surface area contributed by atoms with Gasteiger partial charge in [-0.05, 0) is 30.2 Å². The number of primary amides is 1. The summed E-state index contributed by atoms with van der Waals surface area (Å²) in [5.74, 6) is 2.97. The van der Waals surface area contributed by atoms with E-state index < -0.39 is 0 Å². The summed E-state index contributed by atoms with van der Waals surface area (Å²) in [6.45, 7) is 5.16. The summed E-state index contributed by atoms with van der Waals surface area (Å²) in [5.41, 5.74) is 5.26. The van der Waals surface area contributed by atoms with Crippen molar-refractivity contribution < 1.29 is 4.79 Å². The Balaban J connectivity index is 1.85. The second kappa shape index (κ2) is 10.8. The molecule has 0 fully saturated rings. The van der Waals surface area contributed by atoms with E-state index in [0.29, 0.717) is 18.8 Å². The third kappa shape index (κ3) is 6.85. The average Bonchev–Trinajstić information content (AvgIpc) is 2.95. The van der Waals surface area contributed by atoms with Gasteiger partial charge < -0.3 is 10.3 Å². The number of hydrogen-bond acceptors (Lipinski definition) is 5. The maximum Gasteiger partial charge on any atom is 0.217 e. The molecule has 2 aromatic rings. The minimum absolute atomic E-state index is 0.301. The lowest BCUT2D eigenvalue weighted by Crippen LogP contribution is -2.15. The monoisotopic (exact) mass is 412 g/mol. The predicted molar refractivity (Wildman–Crippen MR) is 110 cm³/mol. The van der Waals surface area contributed by atoms with Crippen LogP contribution < -0.4 is 5.73 Å². The molecule has 2 rings (SSSR count). The van der Waals surface area contributed by atoms with Gasteiger partial charge in [-0.2, -0.15) is 0 Å². The van der Waals surface area contributed by atoms with Gasteiger partial charge in [0.15, 0.2) is 5.16 Å². The molecule has 5 nitrogen and oxygen atoms in total. The fourth-order valence-corrected chi connectivity index (χ4v) is 4.64. The molecule has 142 valence electrons. The molecule has 26 heavy (non-hydrogen) atoms. The molecule has 1 heterocycles. The number of nitrogens with zero attached hydrogens (tertiary/aromatic N) is 3. The van der Waals surface area contributed by atoms with Crippen LogP contribution in [0.2, 0.25) is 5.02 Å². The lowest BCUT2D eigenvalue weighted by molar-refractivity contribution is -0.118. The first-order chi connectivity index (χ1) is 12.5. The van der Waals surface area contributed by atoms with Crippen LogP contribution in [0.1, 0.15) is 32.5 Å². The van der Waals surface area contributed by atoms with Crippen LogP contribution >= 0.6 is 35.1 Å². The molecule has 2 N–H and O–H groups in total. The van der Waals surface area contributed by atoms with Crippen molar-refractivity contribution in [2.45, 2.75) is 49.7 Å². The molecule has 0 aliphatic carbocycles. The highest BCUT2D eigenvalue weighted by atomic mass is 35.5. The van der Waals surface area contributed by atoms with Gasteiger partial charge in [0.05, 0.1) is 5.02 Å². The van der Waals surface area contributed by atoms with Crippen LogP contribution in [0.4, 0.5) is 0 Å². The van der Waals surface area contributed by atoms with Crippen molar-refractivity contribution in [1.29, 1.82) is 0 Å². The van der Waals surface area contributed by atoms with Crippen molar-refractivity contribution in [3.63, 3.8) is 0 Å². The zero-order valence-electron chi connectivity index (χ0n) is 15.2. The minimum atomic E-state index is -0.310. The highest BCUT2D eigenvalue weighted by molar-refractivity contribution is 8.00. The van der Waals surface area contributed by atoms with Crippen molar-refractivity contribution in [1.82, 2.24) is 14.8 Å². The van der Waals surface area contributed by atoms with Crippen LogP contribution in [0.3, 0.4) is 0 Å². The quantitative estimate of drug-likeness (QED) is 0.440. The van der Waals surface area contributed by atoms with Crippen LogP contribution in [-0.4, -0.2) is 32.2 Å². The number of aromatic nitrogens is 3. The summed E-state index contributed by atoms with van der Waals surface area (Å²) in [7, 11) is 0. The van der Waals surface area contributed by atoms with E-state index in [0.717, 1.165) is 45.4 Å². The number of benzene rings is 1. The Bertz CT molecular complexity index is 721. The fourth-order valence-electron chi connectivity index (χ4n) is 2.36. The lowest BCUT2D eigenvalue weighted by Gasteiger charge is -2.12. The van der Waals surface area contributed by atoms with Crippen LogP contribution in [0.15, 0.2) is 34.3 Å². The van der Waals surface area contributed by atoms with Crippen LogP contribution in [0, 0.1) is 5.92 Å². The summed E-state index contributed by atoms with van der Waals surface area (Å²) in [6, 6.07) is 7.91. The molecule has 1 aromatic heterocycles. The van der Waals surface area contributed by atoms with Gasteiger partial charge in [-0.15, -0.1) is 22.0 Å². The number of carbonyl (C=O) groups is 1. The van der Waals surface area contributed by atoms with Crippen molar-refractivity contribution in [2.24, 2.45) is 11.7 Å². The summed E-state index contributed by atoms with van der Waals surface area (Å²) in [6.07, 6.45) is 1.89. The van der Waals surface area contributed by atoms with E-state index in [4.69, 9.17) is 17.3 Å². The molecular formula is C18H25ClN4OS2. The average molecular weight is 413 g/mol. The maximum atomic E-state index is 11.0. The van der Waals surface area contributed by atoms with Gasteiger partial charge in [-0.25, -0.2) is 0 Å². The van der Waals surface area contributed by atoms with Crippen molar-refractivity contribution in [3.8, 4) is 0 Å². The largest absolute Gasteiger partial charge is 0.370 e. The highest BCUT2D eigenvalue weighted by Gasteiger charge is 2.14. The predicted octanol–water partition coefficient (Wildman–Crippen LogP) is 4.28. The van der Waals surface area contributed by atoms with Gasteiger partial charge in [0.2, 0.25) is 5.91 Å². The topological polar surface area (TPSA) is 73.8 Å². The van der Waals surface area contributed by atoms with Crippen LogP contribution in [0.5, 0.6) is 0 Å². The Morgan fingerprint density at radius 3 is 2.65 bits per heavy atom. The van der Waals surface area contributed by atoms with Crippen LogP contribution in [0.25, 0.3) is 0 Å². The molecule has 0 aliphatic heterocycles. The van der Waals surface area contributed by atoms with E-state index in [1.165, 1.54) is 0 Å². The Labute approximate surface area is 168 Å². The first kappa shape index (κ1) is 21.1. The summed E-state index contributed by atoms with van der Waals surface area (Å²) >= 11 is 9.66. The smallest absolute Gasteiger partial charge is 0.217 e. The number of thioether (sulfide) groups is 2. The van der Waals surface area contributed by atoms with Gasteiger partial charge in [0.1, 0.15) is 5.82 Å². The Hall–Kier alpha value is -1.18. The van der Waals surface area contributed by atoms with Crippen molar-refractivity contribution >= 4 is 41.0 Å². The summed E-state index contributed by atoms with van der Waals surface area (Å²) in [4.78, 5) is 12.2.